The summed E-state index contributed by atoms with van der Waals surface area (Å²) in [4.78, 5) is 3.95. The molecular weight excluding hydrogens is 300 g/mol. The van der Waals surface area contributed by atoms with Gasteiger partial charge in [-0.05, 0) is 47.5 Å². The highest BCUT2D eigenvalue weighted by Gasteiger charge is 2.06. The van der Waals surface area contributed by atoms with Crippen LogP contribution < -0.4 is 10.1 Å². The summed E-state index contributed by atoms with van der Waals surface area (Å²) in [6, 6.07) is 21.3. The molecule has 0 aliphatic rings. The molecule has 0 fully saturated rings. The van der Waals surface area contributed by atoms with Crippen molar-refractivity contribution in [2.24, 2.45) is 0 Å². The van der Waals surface area contributed by atoms with Gasteiger partial charge in [-0.1, -0.05) is 30.3 Å². The Hall–Kier alpha value is -2.69. The molecule has 0 saturated heterocycles. The number of para-hydroxylation sites is 1. The van der Waals surface area contributed by atoms with Gasteiger partial charge in [0.25, 0.3) is 0 Å². The van der Waals surface area contributed by atoms with Gasteiger partial charge in [0.1, 0.15) is 11.5 Å². The van der Waals surface area contributed by atoms with Gasteiger partial charge in [-0.15, -0.1) is 0 Å². The number of pyridine rings is 1. The highest BCUT2D eigenvalue weighted by Crippen LogP contribution is 2.21. The average Bonchev–Trinajstić information content (AvgIpc) is 2.63. The Labute approximate surface area is 141 Å². The fourth-order valence-corrected chi connectivity index (χ4v) is 2.40. The van der Waals surface area contributed by atoms with Gasteiger partial charge >= 0.3 is 0 Å². The van der Waals surface area contributed by atoms with Crippen molar-refractivity contribution < 1.29 is 9.84 Å². The number of aliphatic hydroxyl groups is 1. The van der Waals surface area contributed by atoms with Crippen molar-refractivity contribution >= 4 is 0 Å². The second-order valence-corrected chi connectivity index (χ2v) is 5.49. The molecule has 4 heteroatoms. The van der Waals surface area contributed by atoms with Crippen molar-refractivity contribution in [1.29, 1.82) is 0 Å². The summed E-state index contributed by atoms with van der Waals surface area (Å²) in [5.74, 6) is 1.62. The molecule has 4 nitrogen and oxygen atoms in total. The fraction of sp³-hybridized carbons (Fsp3) is 0.150. The SMILES string of the molecule is OC(CNCc1cccc(Oc2ccccc2)c1)c1ccncc1. The van der Waals surface area contributed by atoms with Crippen molar-refractivity contribution in [3.8, 4) is 11.5 Å². The topological polar surface area (TPSA) is 54.4 Å². The average molecular weight is 320 g/mol. The monoisotopic (exact) mass is 320 g/mol. The lowest BCUT2D eigenvalue weighted by molar-refractivity contribution is 0.174. The van der Waals surface area contributed by atoms with Crippen molar-refractivity contribution in [1.82, 2.24) is 10.3 Å². The second kappa shape index (κ2) is 8.24. The Balaban J connectivity index is 1.53. The minimum Gasteiger partial charge on any atom is -0.457 e. The summed E-state index contributed by atoms with van der Waals surface area (Å²) in [5.41, 5.74) is 1.96. The van der Waals surface area contributed by atoms with Crippen LogP contribution in [-0.2, 0) is 6.54 Å². The predicted octanol–water partition coefficient (Wildman–Crippen LogP) is 3.70. The van der Waals surface area contributed by atoms with E-state index in [4.69, 9.17) is 4.74 Å². The van der Waals surface area contributed by atoms with E-state index in [0.29, 0.717) is 13.1 Å². The lowest BCUT2D eigenvalue weighted by Crippen LogP contribution is -2.21. The number of hydrogen-bond donors (Lipinski definition) is 2. The van der Waals surface area contributed by atoms with Crippen LogP contribution in [0.15, 0.2) is 79.1 Å². The van der Waals surface area contributed by atoms with Crippen LogP contribution in [0.5, 0.6) is 11.5 Å². The highest BCUT2D eigenvalue weighted by molar-refractivity contribution is 5.33. The molecule has 2 N–H and O–H groups in total. The number of benzene rings is 2. The van der Waals surface area contributed by atoms with Crippen LogP contribution >= 0.6 is 0 Å². The maximum absolute atomic E-state index is 10.1. The summed E-state index contributed by atoms with van der Waals surface area (Å²) in [5, 5.41) is 13.4. The normalized spacial score (nSPS) is 11.9. The van der Waals surface area contributed by atoms with E-state index in [1.807, 2.05) is 66.7 Å². The second-order valence-electron chi connectivity index (χ2n) is 5.49. The molecule has 2 aromatic carbocycles. The Morgan fingerprint density at radius 2 is 1.67 bits per heavy atom. The minimum atomic E-state index is -0.545. The third-order valence-electron chi connectivity index (χ3n) is 3.64. The van der Waals surface area contributed by atoms with E-state index in [0.717, 1.165) is 22.6 Å². The summed E-state index contributed by atoms with van der Waals surface area (Å²) in [7, 11) is 0. The molecule has 0 amide bonds. The van der Waals surface area contributed by atoms with E-state index in [1.165, 1.54) is 0 Å². The lowest BCUT2D eigenvalue weighted by Gasteiger charge is -2.12. The fourth-order valence-electron chi connectivity index (χ4n) is 2.40. The van der Waals surface area contributed by atoms with Gasteiger partial charge in [-0.25, -0.2) is 0 Å². The van der Waals surface area contributed by atoms with Crippen LogP contribution in [0.4, 0.5) is 0 Å². The molecule has 1 aromatic heterocycles. The largest absolute Gasteiger partial charge is 0.457 e. The van der Waals surface area contributed by atoms with Gasteiger partial charge in [0.05, 0.1) is 6.10 Å². The molecule has 3 aromatic rings. The first-order chi connectivity index (χ1) is 11.8. The third kappa shape index (κ3) is 4.65. The van der Waals surface area contributed by atoms with Crippen molar-refractivity contribution in [2.75, 3.05) is 6.54 Å². The zero-order valence-electron chi connectivity index (χ0n) is 13.3. The van der Waals surface area contributed by atoms with Crippen LogP contribution in [0, 0.1) is 0 Å². The van der Waals surface area contributed by atoms with E-state index in [-0.39, 0.29) is 0 Å². The van der Waals surface area contributed by atoms with Crippen molar-refractivity contribution in [3.63, 3.8) is 0 Å². The Morgan fingerprint density at radius 1 is 0.917 bits per heavy atom. The van der Waals surface area contributed by atoms with Crippen molar-refractivity contribution in [2.45, 2.75) is 12.6 Å². The minimum absolute atomic E-state index is 0.480. The van der Waals surface area contributed by atoms with E-state index >= 15 is 0 Å². The van der Waals surface area contributed by atoms with E-state index in [1.54, 1.807) is 12.4 Å². The number of nitrogens with one attached hydrogen (secondary N) is 1. The number of nitrogens with zero attached hydrogens (tertiary/aromatic N) is 1. The van der Waals surface area contributed by atoms with Crippen LogP contribution in [0.3, 0.4) is 0 Å². The zero-order chi connectivity index (χ0) is 16.6. The van der Waals surface area contributed by atoms with E-state index in [2.05, 4.69) is 10.3 Å². The molecule has 0 spiro atoms. The van der Waals surface area contributed by atoms with Gasteiger partial charge < -0.3 is 15.2 Å². The smallest absolute Gasteiger partial charge is 0.127 e. The number of hydrogen-bond acceptors (Lipinski definition) is 4. The number of rotatable bonds is 7. The first kappa shape index (κ1) is 16.2. The van der Waals surface area contributed by atoms with E-state index in [9.17, 15) is 5.11 Å². The molecule has 0 aliphatic carbocycles. The summed E-state index contributed by atoms with van der Waals surface area (Å²) in [6.45, 7) is 1.14. The summed E-state index contributed by atoms with van der Waals surface area (Å²) >= 11 is 0. The molecule has 1 unspecified atom stereocenters. The van der Waals surface area contributed by atoms with Gasteiger partial charge in [-0.2, -0.15) is 0 Å². The molecule has 24 heavy (non-hydrogen) atoms. The molecule has 0 aliphatic heterocycles. The molecular formula is C20H20N2O2. The first-order valence-electron chi connectivity index (χ1n) is 7.92. The van der Waals surface area contributed by atoms with Crippen LogP contribution in [0.2, 0.25) is 0 Å². The molecule has 0 saturated carbocycles. The number of aromatic nitrogens is 1. The Morgan fingerprint density at radius 3 is 2.46 bits per heavy atom. The molecule has 1 atom stereocenters. The maximum Gasteiger partial charge on any atom is 0.127 e. The maximum atomic E-state index is 10.1. The standard InChI is InChI=1S/C20H20N2O2/c23-20(17-9-11-21-12-10-17)15-22-14-16-5-4-8-19(13-16)24-18-6-2-1-3-7-18/h1-13,20,22-23H,14-15H2. The first-order valence-corrected chi connectivity index (χ1v) is 7.92. The highest BCUT2D eigenvalue weighted by atomic mass is 16.5. The molecule has 1 heterocycles. The van der Waals surface area contributed by atoms with Gasteiger partial charge in [0, 0.05) is 25.5 Å². The van der Waals surface area contributed by atoms with Crippen LogP contribution in [0.1, 0.15) is 17.2 Å². The quantitative estimate of drug-likeness (QED) is 0.697. The molecule has 0 bridgehead atoms. The number of ether oxygens (including phenoxy) is 1. The lowest BCUT2D eigenvalue weighted by atomic mass is 10.1. The Bertz CT molecular complexity index is 748. The number of aliphatic hydroxyl groups excluding tert-OH is 1. The van der Waals surface area contributed by atoms with E-state index < -0.39 is 6.10 Å². The molecule has 0 radical (unpaired) electrons. The van der Waals surface area contributed by atoms with Gasteiger partial charge in [-0.3, -0.25) is 4.98 Å². The van der Waals surface area contributed by atoms with Gasteiger partial charge in [0.15, 0.2) is 0 Å². The van der Waals surface area contributed by atoms with Crippen molar-refractivity contribution in [3.05, 3.63) is 90.3 Å². The summed E-state index contributed by atoms with van der Waals surface area (Å²) in [6.07, 6.45) is 2.82. The molecule has 3 rings (SSSR count). The van der Waals surface area contributed by atoms with Crippen LogP contribution in [-0.4, -0.2) is 16.6 Å². The molecule has 122 valence electrons. The zero-order valence-corrected chi connectivity index (χ0v) is 13.3. The summed E-state index contributed by atoms with van der Waals surface area (Å²) < 4.78 is 5.83. The van der Waals surface area contributed by atoms with Crippen LogP contribution in [0.25, 0.3) is 0 Å². The Kier molecular flexibility index (Phi) is 5.56. The van der Waals surface area contributed by atoms with Gasteiger partial charge in [0.2, 0.25) is 0 Å². The third-order valence-corrected chi connectivity index (χ3v) is 3.64. The predicted molar refractivity (Wildman–Crippen MR) is 93.9 cm³/mol.